The maximum Gasteiger partial charge on any atom is 0.164 e. The molecule has 0 bridgehead atoms. The third-order valence-corrected chi connectivity index (χ3v) is 11.1. The Morgan fingerprint density at radius 1 is 0.250 bits per heavy atom. The molecule has 0 spiro atoms. The number of hydrogen-bond donors (Lipinski definition) is 0. The molecule has 3 heteroatoms. The molecule has 0 amide bonds. The molecule has 0 saturated heterocycles. The van der Waals surface area contributed by atoms with E-state index >= 15 is 0 Å². The van der Waals surface area contributed by atoms with E-state index in [1.54, 1.807) is 0 Å². The van der Waals surface area contributed by atoms with Crippen LogP contribution >= 0.6 is 0 Å². The number of aromatic nitrogens is 3. The summed E-state index contributed by atoms with van der Waals surface area (Å²) in [6, 6.07) is 71.2. The molecule has 0 atom stereocenters. The Morgan fingerprint density at radius 3 is 1.43 bits per heavy atom. The van der Waals surface area contributed by atoms with Crippen molar-refractivity contribution in [2.24, 2.45) is 0 Å². The highest BCUT2D eigenvalue weighted by atomic mass is 15.0. The van der Waals surface area contributed by atoms with E-state index < -0.39 is 0 Å². The molecule has 10 aromatic rings. The van der Waals surface area contributed by atoms with Crippen LogP contribution in [0.5, 0.6) is 0 Å². The lowest BCUT2D eigenvalue weighted by molar-refractivity contribution is 1.07. The highest BCUT2D eigenvalue weighted by Gasteiger charge is 2.24. The summed E-state index contributed by atoms with van der Waals surface area (Å²) in [4.78, 5) is 14.8. The van der Waals surface area contributed by atoms with E-state index in [1.807, 2.05) is 60.7 Å². The Hall–Kier alpha value is -7.49. The number of fused-ring (bicyclic) bond motifs is 4. The molecule has 0 saturated carbocycles. The third kappa shape index (κ3) is 5.40. The van der Waals surface area contributed by atoms with Crippen LogP contribution in [0.3, 0.4) is 0 Å². The quantitative estimate of drug-likeness (QED) is 0.172. The second-order valence-electron chi connectivity index (χ2n) is 14.4. The Kier molecular flexibility index (Phi) is 7.49. The van der Waals surface area contributed by atoms with Crippen molar-refractivity contribution in [2.75, 3.05) is 0 Å². The van der Waals surface area contributed by atoms with Gasteiger partial charge in [-0.2, -0.15) is 0 Å². The van der Waals surface area contributed by atoms with Crippen molar-refractivity contribution in [1.82, 2.24) is 15.0 Å². The van der Waals surface area contributed by atoms with E-state index in [1.165, 1.54) is 66.1 Å². The largest absolute Gasteiger partial charge is 0.208 e. The van der Waals surface area contributed by atoms with Gasteiger partial charge in [0.05, 0.1) is 0 Å². The Bertz CT molecular complexity index is 3040. The first-order valence-corrected chi connectivity index (χ1v) is 19.0. The first-order valence-electron chi connectivity index (χ1n) is 19.0. The third-order valence-electron chi connectivity index (χ3n) is 11.1. The van der Waals surface area contributed by atoms with Crippen molar-refractivity contribution in [2.45, 2.75) is 0 Å². The van der Waals surface area contributed by atoms with Crippen molar-refractivity contribution in [1.29, 1.82) is 0 Å². The zero-order chi connectivity index (χ0) is 37.0. The maximum absolute atomic E-state index is 4.94. The molecular formula is C53H33N3. The minimum atomic E-state index is 0.646. The van der Waals surface area contributed by atoms with Gasteiger partial charge in [-0.05, 0) is 89.3 Å². The smallest absolute Gasteiger partial charge is 0.164 e. The van der Waals surface area contributed by atoms with Gasteiger partial charge in [-0.15, -0.1) is 0 Å². The fourth-order valence-corrected chi connectivity index (χ4v) is 8.35. The van der Waals surface area contributed by atoms with E-state index in [-0.39, 0.29) is 0 Å². The summed E-state index contributed by atoms with van der Waals surface area (Å²) >= 11 is 0. The average Bonchev–Trinajstić information content (AvgIpc) is 3.62. The minimum Gasteiger partial charge on any atom is -0.208 e. The molecule has 0 radical (unpaired) electrons. The van der Waals surface area contributed by atoms with Crippen LogP contribution in [0.4, 0.5) is 0 Å². The number of nitrogens with zero attached hydrogens (tertiary/aromatic N) is 3. The second-order valence-corrected chi connectivity index (χ2v) is 14.4. The molecule has 3 nitrogen and oxygen atoms in total. The van der Waals surface area contributed by atoms with Gasteiger partial charge in [0, 0.05) is 16.7 Å². The highest BCUT2D eigenvalue weighted by molar-refractivity contribution is 6.19. The molecule has 1 aliphatic rings. The van der Waals surface area contributed by atoms with Gasteiger partial charge < -0.3 is 0 Å². The summed E-state index contributed by atoms with van der Waals surface area (Å²) in [5.74, 6) is 1.96. The first kappa shape index (κ1) is 32.0. The van der Waals surface area contributed by atoms with Crippen LogP contribution < -0.4 is 0 Å². The SMILES string of the molecule is c1ccc(-c2nc(-c3ccccc3)nc(-c3ccc(-c4cc(-c5ccc(-c6ccc7cccc8c7c6-c6ccccc6-8)cc5)c5ccccc5c4)cc3)n2)cc1. The summed E-state index contributed by atoms with van der Waals surface area (Å²) in [6.45, 7) is 0. The molecule has 0 aliphatic heterocycles. The van der Waals surface area contributed by atoms with Crippen molar-refractivity contribution in [3.05, 3.63) is 200 Å². The summed E-state index contributed by atoms with van der Waals surface area (Å²) < 4.78 is 0. The zero-order valence-electron chi connectivity index (χ0n) is 30.4. The van der Waals surface area contributed by atoms with Crippen molar-refractivity contribution in [3.63, 3.8) is 0 Å². The van der Waals surface area contributed by atoms with Crippen LogP contribution in [0.25, 0.3) is 111 Å². The number of hydrogen-bond acceptors (Lipinski definition) is 3. The summed E-state index contributed by atoms with van der Waals surface area (Å²) in [6.07, 6.45) is 0. The van der Waals surface area contributed by atoms with E-state index in [0.717, 1.165) is 27.8 Å². The van der Waals surface area contributed by atoms with E-state index in [0.29, 0.717) is 17.5 Å². The molecule has 11 rings (SSSR count). The molecule has 260 valence electrons. The predicted molar refractivity (Wildman–Crippen MR) is 232 cm³/mol. The molecule has 0 unspecified atom stereocenters. The molecular weight excluding hydrogens is 679 g/mol. The van der Waals surface area contributed by atoms with E-state index in [2.05, 4.69) is 140 Å². The fourth-order valence-electron chi connectivity index (χ4n) is 8.35. The minimum absolute atomic E-state index is 0.646. The lowest BCUT2D eigenvalue weighted by Crippen LogP contribution is -2.00. The van der Waals surface area contributed by atoms with Crippen molar-refractivity contribution in [3.8, 4) is 89.8 Å². The lowest BCUT2D eigenvalue weighted by atomic mass is 9.90. The molecule has 1 heterocycles. The maximum atomic E-state index is 4.94. The predicted octanol–water partition coefficient (Wildman–Crippen LogP) is 13.8. The second kappa shape index (κ2) is 13.1. The van der Waals surface area contributed by atoms with Gasteiger partial charge in [0.25, 0.3) is 0 Å². The Labute approximate surface area is 325 Å². The lowest BCUT2D eigenvalue weighted by Gasteiger charge is -2.14. The monoisotopic (exact) mass is 711 g/mol. The fraction of sp³-hybridized carbons (Fsp3) is 0. The van der Waals surface area contributed by atoms with Crippen LogP contribution in [0.2, 0.25) is 0 Å². The molecule has 1 aromatic heterocycles. The van der Waals surface area contributed by atoms with Crippen LogP contribution in [0.15, 0.2) is 200 Å². The topological polar surface area (TPSA) is 38.7 Å². The van der Waals surface area contributed by atoms with Crippen LogP contribution in [-0.4, -0.2) is 15.0 Å². The van der Waals surface area contributed by atoms with Gasteiger partial charge >= 0.3 is 0 Å². The van der Waals surface area contributed by atoms with Gasteiger partial charge in [0.15, 0.2) is 17.5 Å². The summed E-state index contributed by atoms with van der Waals surface area (Å²) in [5.41, 5.74) is 15.3. The van der Waals surface area contributed by atoms with Crippen molar-refractivity contribution >= 4 is 21.5 Å². The number of rotatable bonds is 6. The van der Waals surface area contributed by atoms with Crippen LogP contribution in [-0.2, 0) is 0 Å². The summed E-state index contributed by atoms with van der Waals surface area (Å²) in [5, 5.41) is 5.07. The molecule has 56 heavy (non-hydrogen) atoms. The Balaban J connectivity index is 0.969. The van der Waals surface area contributed by atoms with Crippen LogP contribution in [0, 0.1) is 0 Å². The molecule has 9 aromatic carbocycles. The number of benzene rings is 9. The highest BCUT2D eigenvalue weighted by Crippen LogP contribution is 2.51. The van der Waals surface area contributed by atoms with E-state index in [4.69, 9.17) is 15.0 Å². The zero-order valence-corrected chi connectivity index (χ0v) is 30.4. The van der Waals surface area contributed by atoms with Gasteiger partial charge in [-0.25, -0.2) is 15.0 Å². The standard InChI is InChI=1S/C53H33N3/c1-3-12-38(13-4-1)51-54-52(39-14-5-2-6-15-39)56-53(55-51)40-28-22-34(23-29-40)42-32-41-16-7-8-18-43(41)48(33-42)36-26-24-35(25-27-36)44-31-30-37-17-11-21-46-45-19-9-10-20-47(45)50(44)49(37)46/h1-33H. The van der Waals surface area contributed by atoms with Gasteiger partial charge in [-0.1, -0.05) is 188 Å². The van der Waals surface area contributed by atoms with Gasteiger partial charge in [0.1, 0.15) is 0 Å². The summed E-state index contributed by atoms with van der Waals surface area (Å²) in [7, 11) is 0. The van der Waals surface area contributed by atoms with Gasteiger partial charge in [-0.3, -0.25) is 0 Å². The molecule has 0 fully saturated rings. The van der Waals surface area contributed by atoms with Crippen molar-refractivity contribution < 1.29 is 0 Å². The molecule has 1 aliphatic carbocycles. The first-order chi connectivity index (χ1) is 27.7. The van der Waals surface area contributed by atoms with Gasteiger partial charge in [0.2, 0.25) is 0 Å². The normalized spacial score (nSPS) is 11.6. The molecule has 0 N–H and O–H groups in total. The average molecular weight is 712 g/mol. The van der Waals surface area contributed by atoms with Crippen LogP contribution in [0.1, 0.15) is 0 Å². The Morgan fingerprint density at radius 2 is 0.750 bits per heavy atom. The van der Waals surface area contributed by atoms with E-state index in [9.17, 15) is 0 Å².